The second-order valence-corrected chi connectivity index (χ2v) is 4.96. The highest BCUT2D eigenvalue weighted by Gasteiger charge is 2.08. The number of rotatable bonds is 5. The van der Waals surface area contributed by atoms with Gasteiger partial charge in [0, 0.05) is 18.3 Å². The van der Waals surface area contributed by atoms with Gasteiger partial charge in [0.2, 0.25) is 0 Å². The first kappa shape index (κ1) is 23.9. The van der Waals surface area contributed by atoms with Crippen molar-refractivity contribution in [2.24, 2.45) is 5.73 Å². The lowest BCUT2D eigenvalue weighted by Gasteiger charge is -2.08. The molecular formula is C21H30FN5. The van der Waals surface area contributed by atoms with Crippen molar-refractivity contribution in [3.8, 4) is 0 Å². The Bertz CT molecular complexity index is 843. The summed E-state index contributed by atoms with van der Waals surface area (Å²) in [6.45, 7) is 16.9. The first-order valence-corrected chi connectivity index (χ1v) is 8.66. The van der Waals surface area contributed by atoms with Gasteiger partial charge in [-0.05, 0) is 37.6 Å². The molecule has 2 aromatic heterocycles. The number of aromatic nitrogens is 3. The molecule has 0 bridgehead atoms. The Balaban J connectivity index is 0.00000158. The molecule has 0 fully saturated rings. The minimum atomic E-state index is -0.521. The average molecular weight is 372 g/mol. The summed E-state index contributed by atoms with van der Waals surface area (Å²) < 4.78 is 14.5. The van der Waals surface area contributed by atoms with Crippen LogP contribution in [0.5, 0.6) is 0 Å². The number of hydrogen-bond acceptors (Lipinski definition) is 4. The topological polar surface area (TPSA) is 68.2 Å². The fourth-order valence-electron chi connectivity index (χ4n) is 2.08. The third kappa shape index (κ3) is 6.58. The fourth-order valence-corrected chi connectivity index (χ4v) is 2.08. The van der Waals surface area contributed by atoms with Crippen LogP contribution in [0, 0.1) is 0 Å². The smallest absolute Gasteiger partial charge is 0.156 e. The van der Waals surface area contributed by atoms with Crippen LogP contribution >= 0.6 is 0 Å². The van der Waals surface area contributed by atoms with E-state index >= 15 is 0 Å². The molecule has 0 atom stereocenters. The van der Waals surface area contributed by atoms with Gasteiger partial charge < -0.3 is 11.1 Å². The lowest BCUT2D eigenvalue weighted by Crippen LogP contribution is -2.05. The van der Waals surface area contributed by atoms with Gasteiger partial charge in [-0.1, -0.05) is 32.6 Å². The maximum absolute atomic E-state index is 12.8. The van der Waals surface area contributed by atoms with Gasteiger partial charge in [0.25, 0.3) is 0 Å². The number of imidazole rings is 1. The second kappa shape index (κ2) is 12.2. The van der Waals surface area contributed by atoms with Crippen LogP contribution in [0.3, 0.4) is 0 Å². The molecule has 3 N–H and O–H groups in total. The largest absolute Gasteiger partial charge is 0.398 e. The van der Waals surface area contributed by atoms with Crippen molar-refractivity contribution < 1.29 is 4.39 Å². The molecule has 0 aromatic carbocycles. The Labute approximate surface area is 161 Å². The number of allylic oxidation sites excluding steroid dienone is 5. The first-order chi connectivity index (χ1) is 13.0. The highest BCUT2D eigenvalue weighted by atomic mass is 19.1. The third-order valence-electron chi connectivity index (χ3n) is 3.43. The van der Waals surface area contributed by atoms with Gasteiger partial charge in [0.1, 0.15) is 11.6 Å². The fraction of sp³-hybridized carbons (Fsp3) is 0.238. The van der Waals surface area contributed by atoms with Crippen LogP contribution in [0.15, 0.2) is 73.4 Å². The average Bonchev–Trinajstić information content (AvgIpc) is 3.13. The van der Waals surface area contributed by atoms with Gasteiger partial charge in [-0.25, -0.2) is 13.9 Å². The Hall–Kier alpha value is -3.15. The number of hydrogen-bond donors (Lipinski definition) is 2. The van der Waals surface area contributed by atoms with E-state index in [1.54, 1.807) is 23.8 Å². The zero-order valence-corrected chi connectivity index (χ0v) is 16.9. The molecule has 0 unspecified atom stereocenters. The summed E-state index contributed by atoms with van der Waals surface area (Å²) in [6, 6.07) is 3.73. The number of fused-ring (bicyclic) bond motifs is 1. The maximum atomic E-state index is 12.8. The monoisotopic (exact) mass is 371 g/mol. The maximum Gasteiger partial charge on any atom is 0.156 e. The molecule has 0 aliphatic rings. The lowest BCUT2D eigenvalue weighted by atomic mass is 10.0. The van der Waals surface area contributed by atoms with E-state index in [0.29, 0.717) is 11.3 Å². The minimum absolute atomic E-state index is 0.521. The molecule has 0 radical (unpaired) electrons. The van der Waals surface area contributed by atoms with Crippen molar-refractivity contribution in [3.05, 3.63) is 79.1 Å². The number of anilines is 1. The predicted molar refractivity (Wildman–Crippen MR) is 115 cm³/mol. The van der Waals surface area contributed by atoms with Crippen LogP contribution in [0.1, 0.15) is 33.4 Å². The van der Waals surface area contributed by atoms with Crippen molar-refractivity contribution in [3.63, 3.8) is 0 Å². The molecule has 27 heavy (non-hydrogen) atoms. The zero-order chi connectivity index (χ0) is 21.0. The molecule has 0 spiro atoms. The van der Waals surface area contributed by atoms with Crippen LogP contribution < -0.4 is 11.1 Å². The zero-order valence-electron chi connectivity index (χ0n) is 16.9. The van der Waals surface area contributed by atoms with Gasteiger partial charge in [0.15, 0.2) is 5.65 Å². The second-order valence-electron chi connectivity index (χ2n) is 4.96. The quantitative estimate of drug-likeness (QED) is 0.554. The van der Waals surface area contributed by atoms with Gasteiger partial charge >= 0.3 is 0 Å². The predicted octanol–water partition coefficient (Wildman–Crippen LogP) is 5.27. The van der Waals surface area contributed by atoms with E-state index in [1.807, 2.05) is 45.9 Å². The van der Waals surface area contributed by atoms with Crippen LogP contribution in [-0.2, 0) is 0 Å². The molecule has 2 rings (SSSR count). The van der Waals surface area contributed by atoms with Crippen LogP contribution in [0.2, 0.25) is 0 Å². The van der Waals surface area contributed by atoms with E-state index in [2.05, 4.69) is 35.1 Å². The van der Waals surface area contributed by atoms with E-state index in [0.717, 1.165) is 22.7 Å². The van der Waals surface area contributed by atoms with Crippen LogP contribution in [-0.4, -0.2) is 21.6 Å². The highest BCUT2D eigenvalue weighted by Crippen LogP contribution is 2.20. The number of halogens is 1. The third-order valence-corrected chi connectivity index (χ3v) is 3.43. The molecule has 146 valence electrons. The summed E-state index contributed by atoms with van der Waals surface area (Å²) in [5, 5.41) is 7.48. The van der Waals surface area contributed by atoms with Crippen molar-refractivity contribution >= 4 is 17.0 Å². The molecule has 0 aliphatic carbocycles. The van der Waals surface area contributed by atoms with Gasteiger partial charge in [-0.15, -0.1) is 13.2 Å². The molecule has 0 amide bonds. The first-order valence-electron chi connectivity index (χ1n) is 8.66. The summed E-state index contributed by atoms with van der Waals surface area (Å²) in [5.41, 5.74) is 9.71. The molecule has 2 heterocycles. The van der Waals surface area contributed by atoms with Gasteiger partial charge in [0.05, 0.1) is 11.9 Å². The van der Waals surface area contributed by atoms with Gasteiger partial charge in [-0.3, -0.25) is 0 Å². The van der Waals surface area contributed by atoms with E-state index in [9.17, 15) is 4.39 Å². The lowest BCUT2D eigenvalue weighted by molar-refractivity contribution is 0.671. The normalized spacial score (nSPS) is 11.9. The van der Waals surface area contributed by atoms with E-state index < -0.39 is 5.83 Å². The number of nitrogens with one attached hydrogen (secondary N) is 1. The Morgan fingerprint density at radius 2 is 1.89 bits per heavy atom. The Morgan fingerprint density at radius 1 is 1.26 bits per heavy atom. The summed E-state index contributed by atoms with van der Waals surface area (Å²) in [5.74, 6) is 0.218. The summed E-state index contributed by atoms with van der Waals surface area (Å²) in [4.78, 5) is 4.34. The summed E-state index contributed by atoms with van der Waals surface area (Å²) in [7, 11) is 1.80. The molecule has 6 heteroatoms. The molecule has 5 nitrogen and oxygen atoms in total. The van der Waals surface area contributed by atoms with Crippen LogP contribution in [0.25, 0.3) is 11.2 Å². The SMILES string of the molecule is C=C.C=C(F)\C=C/C(=C\C)C(/N)=C(/C)c1ccc2nc(NC)cn2n1.CC. The molecule has 0 saturated carbocycles. The molecule has 2 aromatic rings. The standard InChI is InChI=1S/C17H20FN5.C2H6.C2H4/c1-5-13(7-6-11(2)18)17(19)12(3)14-8-9-16-21-15(20-4)10-23(16)22-14;2*1-2/h5-10,20H,2,19H2,1,3-4H3;1-2H3;1-2H2/b7-6-,13-5+,17-12+;;. The molecule has 0 saturated heterocycles. The summed E-state index contributed by atoms with van der Waals surface area (Å²) in [6.07, 6.45) is 6.48. The Kier molecular flexibility index (Phi) is 10.8. The Morgan fingerprint density at radius 3 is 2.41 bits per heavy atom. The summed E-state index contributed by atoms with van der Waals surface area (Å²) >= 11 is 0. The van der Waals surface area contributed by atoms with E-state index in [-0.39, 0.29) is 0 Å². The van der Waals surface area contributed by atoms with E-state index in [4.69, 9.17) is 5.73 Å². The minimum Gasteiger partial charge on any atom is -0.398 e. The number of nitrogens with two attached hydrogens (primary N) is 1. The van der Waals surface area contributed by atoms with Crippen molar-refractivity contribution in [2.75, 3.05) is 12.4 Å². The molecule has 0 aliphatic heterocycles. The van der Waals surface area contributed by atoms with Crippen molar-refractivity contribution in [2.45, 2.75) is 27.7 Å². The van der Waals surface area contributed by atoms with Crippen molar-refractivity contribution in [1.82, 2.24) is 14.6 Å². The van der Waals surface area contributed by atoms with E-state index in [1.165, 1.54) is 6.08 Å². The highest BCUT2D eigenvalue weighted by molar-refractivity contribution is 5.69. The van der Waals surface area contributed by atoms with Crippen molar-refractivity contribution in [1.29, 1.82) is 0 Å². The van der Waals surface area contributed by atoms with Gasteiger partial charge in [-0.2, -0.15) is 5.10 Å². The van der Waals surface area contributed by atoms with Crippen LogP contribution in [0.4, 0.5) is 10.2 Å². The molecular weight excluding hydrogens is 341 g/mol. The number of nitrogens with zero attached hydrogens (tertiary/aromatic N) is 3.